The van der Waals surface area contributed by atoms with E-state index in [2.05, 4.69) is 61.2 Å². The van der Waals surface area contributed by atoms with E-state index in [9.17, 15) is 0 Å². The first kappa shape index (κ1) is 11.9. The molecule has 0 fully saturated rings. The van der Waals surface area contributed by atoms with Crippen molar-refractivity contribution in [2.75, 3.05) is 0 Å². The quantitative estimate of drug-likeness (QED) is 0.532. The van der Waals surface area contributed by atoms with Crippen LogP contribution in [0.3, 0.4) is 0 Å². The summed E-state index contributed by atoms with van der Waals surface area (Å²) in [6, 6.07) is 19.2. The molecule has 0 radical (unpaired) electrons. The van der Waals surface area contributed by atoms with Crippen LogP contribution in [0.4, 0.5) is 0 Å². The topological polar surface area (TPSA) is 26.0 Å². The maximum absolute atomic E-state index is 6.29. The van der Waals surface area contributed by atoms with Gasteiger partial charge in [-0.15, -0.1) is 6.58 Å². The van der Waals surface area contributed by atoms with Gasteiger partial charge in [-0.05, 0) is 39.6 Å². The molecule has 0 aliphatic rings. The van der Waals surface area contributed by atoms with Gasteiger partial charge in [0.05, 0.1) is 0 Å². The first-order valence-corrected chi connectivity index (χ1v) is 6.58. The Labute approximate surface area is 113 Å². The van der Waals surface area contributed by atoms with Crippen molar-refractivity contribution in [3.8, 4) is 0 Å². The second kappa shape index (κ2) is 4.87. The molecule has 0 heterocycles. The molecule has 19 heavy (non-hydrogen) atoms. The van der Waals surface area contributed by atoms with Crippen LogP contribution in [0, 0.1) is 0 Å². The lowest BCUT2D eigenvalue weighted by Gasteiger charge is -2.15. The van der Waals surface area contributed by atoms with Crippen LogP contribution in [0.25, 0.3) is 21.5 Å². The summed E-state index contributed by atoms with van der Waals surface area (Å²) in [5.41, 5.74) is 7.49. The van der Waals surface area contributed by atoms with Crippen LogP contribution in [0.1, 0.15) is 18.0 Å². The van der Waals surface area contributed by atoms with Crippen molar-refractivity contribution in [3.63, 3.8) is 0 Å². The molecule has 1 nitrogen and oxygen atoms in total. The van der Waals surface area contributed by atoms with Crippen LogP contribution < -0.4 is 5.73 Å². The third kappa shape index (κ3) is 2.02. The average molecular weight is 247 g/mol. The van der Waals surface area contributed by atoms with Crippen LogP contribution in [0.5, 0.6) is 0 Å². The van der Waals surface area contributed by atoms with Gasteiger partial charge in [0.15, 0.2) is 0 Å². The molecule has 0 amide bonds. The highest BCUT2D eigenvalue weighted by Gasteiger charge is 2.11. The van der Waals surface area contributed by atoms with Crippen molar-refractivity contribution in [3.05, 3.63) is 72.8 Å². The molecular formula is C18H17N. The monoisotopic (exact) mass is 247 g/mol. The number of fused-ring (bicyclic) bond motifs is 3. The standard InChI is InChI=1S/C18H17N/c1-2-7-18(19)17-12-13-8-3-4-9-14(13)15-10-5-6-11-16(15)17/h2-6,8-12,18H,1,7,19H2/t18-/m0/s1. The molecule has 94 valence electrons. The zero-order valence-electron chi connectivity index (χ0n) is 10.8. The minimum atomic E-state index is 0.00649. The SMILES string of the molecule is C=CC[C@H](N)c1cc2ccccc2c2ccccc12. The minimum Gasteiger partial charge on any atom is -0.324 e. The van der Waals surface area contributed by atoms with Gasteiger partial charge in [-0.2, -0.15) is 0 Å². The van der Waals surface area contributed by atoms with Crippen molar-refractivity contribution < 1.29 is 0 Å². The van der Waals surface area contributed by atoms with Gasteiger partial charge in [0.1, 0.15) is 0 Å². The third-order valence-electron chi connectivity index (χ3n) is 3.62. The second-order valence-corrected chi connectivity index (χ2v) is 4.86. The second-order valence-electron chi connectivity index (χ2n) is 4.86. The highest BCUT2D eigenvalue weighted by molar-refractivity contribution is 6.09. The number of hydrogen-bond acceptors (Lipinski definition) is 1. The van der Waals surface area contributed by atoms with Gasteiger partial charge in [0.25, 0.3) is 0 Å². The Morgan fingerprint density at radius 3 is 2.32 bits per heavy atom. The van der Waals surface area contributed by atoms with E-state index in [0.29, 0.717) is 0 Å². The minimum absolute atomic E-state index is 0.00649. The molecule has 0 aliphatic carbocycles. The zero-order chi connectivity index (χ0) is 13.2. The summed E-state index contributed by atoms with van der Waals surface area (Å²) in [4.78, 5) is 0. The Hall–Kier alpha value is -2.12. The molecule has 0 saturated heterocycles. The summed E-state index contributed by atoms with van der Waals surface area (Å²) in [6.45, 7) is 3.79. The van der Waals surface area contributed by atoms with E-state index in [-0.39, 0.29) is 6.04 Å². The van der Waals surface area contributed by atoms with Gasteiger partial charge < -0.3 is 5.73 Å². The van der Waals surface area contributed by atoms with Gasteiger partial charge in [-0.3, -0.25) is 0 Å². The maximum Gasteiger partial charge on any atom is 0.0336 e. The fourth-order valence-corrected chi connectivity index (χ4v) is 2.70. The Bertz CT molecular complexity index is 743. The highest BCUT2D eigenvalue weighted by Crippen LogP contribution is 2.32. The average Bonchev–Trinajstić information content (AvgIpc) is 2.46. The molecule has 3 aromatic rings. The summed E-state index contributed by atoms with van der Waals surface area (Å²) in [5, 5.41) is 5.05. The molecule has 0 aromatic heterocycles. The summed E-state index contributed by atoms with van der Waals surface area (Å²) in [7, 11) is 0. The lowest BCUT2D eigenvalue weighted by molar-refractivity contribution is 0.749. The van der Waals surface area contributed by atoms with E-state index in [0.717, 1.165) is 6.42 Å². The normalized spacial score (nSPS) is 12.7. The zero-order valence-corrected chi connectivity index (χ0v) is 10.8. The van der Waals surface area contributed by atoms with Crippen molar-refractivity contribution in [2.45, 2.75) is 12.5 Å². The van der Waals surface area contributed by atoms with Gasteiger partial charge in [-0.1, -0.05) is 54.6 Å². The van der Waals surface area contributed by atoms with Gasteiger partial charge in [0, 0.05) is 6.04 Å². The van der Waals surface area contributed by atoms with E-state index in [1.54, 1.807) is 0 Å². The molecule has 1 atom stereocenters. The number of hydrogen-bond donors (Lipinski definition) is 1. The maximum atomic E-state index is 6.29. The molecule has 0 unspecified atom stereocenters. The lowest BCUT2D eigenvalue weighted by Crippen LogP contribution is -2.09. The smallest absolute Gasteiger partial charge is 0.0336 e. The molecule has 1 heteroatoms. The summed E-state index contributed by atoms with van der Waals surface area (Å²) in [5.74, 6) is 0. The molecule has 3 aromatic carbocycles. The molecular weight excluding hydrogens is 230 g/mol. The van der Waals surface area contributed by atoms with E-state index >= 15 is 0 Å². The Morgan fingerprint density at radius 2 is 1.58 bits per heavy atom. The number of rotatable bonds is 3. The lowest BCUT2D eigenvalue weighted by atomic mass is 9.93. The van der Waals surface area contributed by atoms with Crippen molar-refractivity contribution in [2.24, 2.45) is 5.73 Å². The van der Waals surface area contributed by atoms with Gasteiger partial charge >= 0.3 is 0 Å². The van der Waals surface area contributed by atoms with Crippen molar-refractivity contribution in [1.82, 2.24) is 0 Å². The molecule has 2 N–H and O–H groups in total. The Balaban J connectivity index is 2.38. The van der Waals surface area contributed by atoms with Crippen molar-refractivity contribution >= 4 is 21.5 Å². The van der Waals surface area contributed by atoms with Crippen LogP contribution in [-0.4, -0.2) is 0 Å². The van der Waals surface area contributed by atoms with Crippen LogP contribution in [0.15, 0.2) is 67.3 Å². The van der Waals surface area contributed by atoms with Gasteiger partial charge in [0.2, 0.25) is 0 Å². The highest BCUT2D eigenvalue weighted by atomic mass is 14.6. The largest absolute Gasteiger partial charge is 0.324 e. The molecule has 0 saturated carbocycles. The third-order valence-corrected chi connectivity index (χ3v) is 3.62. The van der Waals surface area contributed by atoms with Gasteiger partial charge in [-0.25, -0.2) is 0 Å². The van der Waals surface area contributed by atoms with E-state index in [1.807, 2.05) is 6.08 Å². The van der Waals surface area contributed by atoms with Crippen molar-refractivity contribution in [1.29, 1.82) is 0 Å². The first-order chi connectivity index (χ1) is 9.31. The first-order valence-electron chi connectivity index (χ1n) is 6.58. The fourth-order valence-electron chi connectivity index (χ4n) is 2.70. The molecule has 0 aliphatic heterocycles. The number of benzene rings is 3. The van der Waals surface area contributed by atoms with Crippen LogP contribution >= 0.6 is 0 Å². The van der Waals surface area contributed by atoms with E-state index in [4.69, 9.17) is 5.73 Å². The predicted molar refractivity (Wildman–Crippen MR) is 83.2 cm³/mol. The van der Waals surface area contributed by atoms with E-state index in [1.165, 1.54) is 27.1 Å². The summed E-state index contributed by atoms with van der Waals surface area (Å²) < 4.78 is 0. The predicted octanol–water partition coefficient (Wildman–Crippen LogP) is 4.57. The van der Waals surface area contributed by atoms with Crippen LogP contribution in [-0.2, 0) is 0 Å². The summed E-state index contributed by atoms with van der Waals surface area (Å²) >= 11 is 0. The Morgan fingerprint density at radius 1 is 0.947 bits per heavy atom. The number of nitrogens with two attached hydrogens (primary N) is 1. The fraction of sp³-hybridized carbons (Fsp3) is 0.111. The van der Waals surface area contributed by atoms with Crippen LogP contribution in [0.2, 0.25) is 0 Å². The van der Waals surface area contributed by atoms with E-state index < -0.39 is 0 Å². The Kier molecular flexibility index (Phi) is 3.06. The molecule has 0 bridgehead atoms. The molecule has 3 rings (SSSR count). The molecule has 0 spiro atoms. The summed E-state index contributed by atoms with van der Waals surface area (Å²) in [6.07, 6.45) is 2.68.